The third-order valence-electron chi connectivity index (χ3n) is 3.87. The van der Waals surface area contributed by atoms with E-state index < -0.39 is 0 Å². The van der Waals surface area contributed by atoms with Crippen LogP contribution in [0.4, 0.5) is 0 Å². The molecule has 0 unspecified atom stereocenters. The van der Waals surface area contributed by atoms with Gasteiger partial charge in [-0.25, -0.2) is 19.6 Å². The number of carbonyl (C=O) groups is 2. The number of esters is 2. The van der Waals surface area contributed by atoms with Gasteiger partial charge in [0.2, 0.25) is 0 Å². The molecule has 0 radical (unpaired) electrons. The molecule has 0 aliphatic rings. The van der Waals surface area contributed by atoms with Crippen molar-refractivity contribution in [3.63, 3.8) is 0 Å². The Morgan fingerprint density at radius 2 is 1.29 bits per heavy atom. The number of hydrogen-bond acceptors (Lipinski definition) is 8. The lowest BCUT2D eigenvalue weighted by molar-refractivity contribution is 0.0521. The SMILES string of the molecule is CCOC(=O)c1sc(-c2cccc(-c3nc(C)c(C(=O)OCC)s3)c2)nc1C. The van der Waals surface area contributed by atoms with Crippen LogP contribution >= 0.6 is 22.7 Å². The molecule has 0 saturated heterocycles. The Kier molecular flexibility index (Phi) is 6.21. The van der Waals surface area contributed by atoms with Gasteiger partial charge in [0.15, 0.2) is 0 Å². The van der Waals surface area contributed by atoms with E-state index in [-0.39, 0.29) is 11.9 Å². The fourth-order valence-corrected chi connectivity index (χ4v) is 4.51. The fraction of sp³-hybridized carbons (Fsp3) is 0.300. The number of hydrogen-bond donors (Lipinski definition) is 0. The molecule has 0 amide bonds. The second-order valence-corrected chi connectivity index (χ2v) is 7.89. The van der Waals surface area contributed by atoms with Crippen molar-refractivity contribution >= 4 is 34.6 Å². The molecule has 0 aliphatic heterocycles. The van der Waals surface area contributed by atoms with E-state index in [1.807, 2.05) is 24.3 Å². The summed E-state index contributed by atoms with van der Waals surface area (Å²) in [5.74, 6) is -0.705. The minimum Gasteiger partial charge on any atom is -0.462 e. The monoisotopic (exact) mass is 416 g/mol. The summed E-state index contributed by atoms with van der Waals surface area (Å²) in [6.45, 7) is 7.80. The minimum atomic E-state index is -0.352. The molecule has 0 saturated carbocycles. The van der Waals surface area contributed by atoms with Crippen LogP contribution in [0.2, 0.25) is 0 Å². The number of ether oxygens (including phenoxy) is 2. The van der Waals surface area contributed by atoms with Crippen molar-refractivity contribution < 1.29 is 19.1 Å². The quantitative estimate of drug-likeness (QED) is 0.532. The lowest BCUT2D eigenvalue weighted by atomic mass is 10.1. The summed E-state index contributed by atoms with van der Waals surface area (Å²) in [7, 11) is 0. The Hall–Kier alpha value is -2.58. The van der Waals surface area contributed by atoms with Crippen molar-refractivity contribution in [2.45, 2.75) is 27.7 Å². The molecule has 8 heteroatoms. The summed E-state index contributed by atoms with van der Waals surface area (Å²) in [6.07, 6.45) is 0. The van der Waals surface area contributed by atoms with Crippen LogP contribution in [0, 0.1) is 13.8 Å². The van der Waals surface area contributed by atoms with Crippen LogP contribution in [-0.4, -0.2) is 35.1 Å². The number of aryl methyl sites for hydroxylation is 2. The number of thiazole rings is 2. The highest BCUT2D eigenvalue weighted by atomic mass is 32.1. The number of nitrogens with zero attached hydrogens (tertiary/aromatic N) is 2. The zero-order valence-corrected chi connectivity index (χ0v) is 17.7. The Morgan fingerprint density at radius 1 is 0.857 bits per heavy atom. The maximum Gasteiger partial charge on any atom is 0.350 e. The van der Waals surface area contributed by atoms with E-state index in [1.165, 1.54) is 22.7 Å². The van der Waals surface area contributed by atoms with Crippen molar-refractivity contribution in [1.82, 2.24) is 9.97 Å². The summed E-state index contributed by atoms with van der Waals surface area (Å²) in [6, 6.07) is 7.74. The second-order valence-electron chi connectivity index (χ2n) is 5.89. The summed E-state index contributed by atoms with van der Waals surface area (Å²) < 4.78 is 10.2. The van der Waals surface area contributed by atoms with E-state index >= 15 is 0 Å². The molecule has 0 atom stereocenters. The number of carbonyl (C=O) groups excluding carboxylic acids is 2. The van der Waals surface area contributed by atoms with Gasteiger partial charge in [0, 0.05) is 11.1 Å². The van der Waals surface area contributed by atoms with Gasteiger partial charge in [-0.3, -0.25) is 0 Å². The van der Waals surface area contributed by atoms with Crippen LogP contribution in [0.1, 0.15) is 44.6 Å². The Morgan fingerprint density at radius 3 is 1.68 bits per heavy atom. The number of rotatable bonds is 6. The zero-order chi connectivity index (χ0) is 20.3. The first kappa shape index (κ1) is 20.2. The smallest absolute Gasteiger partial charge is 0.350 e. The van der Waals surface area contributed by atoms with Crippen LogP contribution in [0.25, 0.3) is 21.1 Å². The van der Waals surface area contributed by atoms with Gasteiger partial charge in [-0.15, -0.1) is 22.7 Å². The van der Waals surface area contributed by atoms with E-state index in [0.29, 0.717) is 34.4 Å². The molecule has 0 aliphatic carbocycles. The van der Waals surface area contributed by atoms with Crippen molar-refractivity contribution in [2.75, 3.05) is 13.2 Å². The van der Waals surface area contributed by atoms with Crippen molar-refractivity contribution in [3.05, 3.63) is 45.4 Å². The first-order valence-electron chi connectivity index (χ1n) is 8.84. The van der Waals surface area contributed by atoms with Gasteiger partial charge in [-0.1, -0.05) is 18.2 Å². The second kappa shape index (κ2) is 8.62. The first-order valence-corrected chi connectivity index (χ1v) is 10.5. The Balaban J connectivity index is 1.94. The summed E-state index contributed by atoms with van der Waals surface area (Å²) in [5.41, 5.74) is 3.07. The third kappa shape index (κ3) is 4.13. The highest BCUT2D eigenvalue weighted by molar-refractivity contribution is 7.17. The summed E-state index contributed by atoms with van der Waals surface area (Å²) >= 11 is 2.62. The molecule has 1 aromatic carbocycles. The molecular formula is C20H20N2O4S2. The minimum absolute atomic E-state index is 0.327. The van der Waals surface area contributed by atoms with Gasteiger partial charge in [0.25, 0.3) is 0 Å². The van der Waals surface area contributed by atoms with Crippen LogP contribution < -0.4 is 0 Å². The van der Waals surface area contributed by atoms with Crippen LogP contribution in [0.5, 0.6) is 0 Å². The molecule has 0 bridgehead atoms. The number of benzene rings is 1. The van der Waals surface area contributed by atoms with E-state index in [0.717, 1.165) is 21.1 Å². The van der Waals surface area contributed by atoms with Gasteiger partial charge in [-0.05, 0) is 33.8 Å². The predicted octanol–water partition coefficient (Wildman–Crippen LogP) is 4.90. The molecule has 3 rings (SSSR count). The topological polar surface area (TPSA) is 78.4 Å². The van der Waals surface area contributed by atoms with E-state index in [1.54, 1.807) is 27.7 Å². The molecule has 0 fully saturated rings. The average molecular weight is 417 g/mol. The molecule has 0 N–H and O–H groups in total. The lowest BCUT2D eigenvalue weighted by Crippen LogP contribution is -2.03. The van der Waals surface area contributed by atoms with Crippen molar-refractivity contribution in [1.29, 1.82) is 0 Å². The average Bonchev–Trinajstić information content (AvgIpc) is 3.25. The van der Waals surface area contributed by atoms with Crippen molar-refractivity contribution in [3.8, 4) is 21.1 Å². The first-order chi connectivity index (χ1) is 13.4. The van der Waals surface area contributed by atoms with Gasteiger partial charge in [-0.2, -0.15) is 0 Å². The molecule has 146 valence electrons. The molecular weight excluding hydrogens is 396 g/mol. The van der Waals surface area contributed by atoms with Gasteiger partial charge < -0.3 is 9.47 Å². The van der Waals surface area contributed by atoms with E-state index in [4.69, 9.17) is 9.47 Å². The zero-order valence-electron chi connectivity index (χ0n) is 16.1. The van der Waals surface area contributed by atoms with Crippen LogP contribution in [-0.2, 0) is 9.47 Å². The van der Waals surface area contributed by atoms with E-state index in [2.05, 4.69) is 9.97 Å². The standard InChI is InChI=1S/C20H20N2O4S2/c1-5-25-19(23)15-11(3)21-17(27-15)13-8-7-9-14(10-13)18-22-12(4)16(28-18)20(24)26-6-2/h7-10H,5-6H2,1-4H3. The van der Waals surface area contributed by atoms with Gasteiger partial charge in [0.05, 0.1) is 24.6 Å². The normalized spacial score (nSPS) is 10.7. The highest BCUT2D eigenvalue weighted by Gasteiger charge is 2.19. The lowest BCUT2D eigenvalue weighted by Gasteiger charge is -2.00. The molecule has 6 nitrogen and oxygen atoms in total. The Bertz CT molecular complexity index is 946. The molecule has 2 aromatic heterocycles. The maximum absolute atomic E-state index is 12.1. The van der Waals surface area contributed by atoms with Gasteiger partial charge in [0.1, 0.15) is 19.8 Å². The molecule has 3 aromatic rings. The molecule has 0 spiro atoms. The fourth-order valence-electron chi connectivity index (χ4n) is 2.60. The largest absolute Gasteiger partial charge is 0.462 e. The predicted molar refractivity (Wildman–Crippen MR) is 110 cm³/mol. The summed E-state index contributed by atoms with van der Waals surface area (Å²) in [5, 5.41) is 1.47. The van der Waals surface area contributed by atoms with E-state index in [9.17, 15) is 9.59 Å². The molecule has 2 heterocycles. The van der Waals surface area contributed by atoms with Crippen LogP contribution in [0.15, 0.2) is 24.3 Å². The summed E-state index contributed by atoms with van der Waals surface area (Å²) in [4.78, 5) is 34.2. The maximum atomic E-state index is 12.1. The number of aromatic nitrogens is 2. The van der Waals surface area contributed by atoms with Gasteiger partial charge >= 0.3 is 11.9 Å². The van der Waals surface area contributed by atoms with Crippen molar-refractivity contribution in [2.24, 2.45) is 0 Å². The van der Waals surface area contributed by atoms with Crippen LogP contribution in [0.3, 0.4) is 0 Å². The highest BCUT2D eigenvalue weighted by Crippen LogP contribution is 2.33. The third-order valence-corrected chi connectivity index (χ3v) is 6.24. The Labute approximate surface area is 171 Å². The molecule has 28 heavy (non-hydrogen) atoms.